The number of ketones is 1. The minimum Gasteiger partial charge on any atom is -0.458 e. The van der Waals surface area contributed by atoms with E-state index in [0.29, 0.717) is 5.56 Å². The molecule has 0 fully saturated rings. The number of esters is 1. The summed E-state index contributed by atoms with van der Waals surface area (Å²) in [6.07, 6.45) is -0.121. The van der Waals surface area contributed by atoms with Gasteiger partial charge in [0.2, 0.25) is 0 Å². The zero-order valence-electron chi connectivity index (χ0n) is 9.21. The second-order valence-corrected chi connectivity index (χ2v) is 3.38. The summed E-state index contributed by atoms with van der Waals surface area (Å²) in [5, 5.41) is 10.7. The number of nitro groups is 1. The summed E-state index contributed by atoms with van der Waals surface area (Å²) in [5.74, 6) is -0.935. The normalized spacial score (nSPS) is 9.71. The number of carbonyl (C=O) groups is 2. The van der Waals surface area contributed by atoms with Crippen LogP contribution in [0.15, 0.2) is 24.3 Å². The molecule has 0 N–H and O–H groups in total. The maximum atomic E-state index is 11.4. The monoisotopic (exact) mass is 237 g/mol. The van der Waals surface area contributed by atoms with Crippen molar-refractivity contribution in [3.63, 3.8) is 0 Å². The molecule has 0 aliphatic carbocycles. The molecular formula is C11H11NO5. The number of benzene rings is 1. The first kappa shape index (κ1) is 12.8. The Bertz CT molecular complexity index is 455. The average molecular weight is 237 g/mol. The number of nitrogens with zero attached hydrogens (tertiary/aromatic N) is 1. The van der Waals surface area contributed by atoms with Gasteiger partial charge in [-0.2, -0.15) is 0 Å². The number of rotatable bonds is 5. The molecule has 1 aromatic rings. The van der Waals surface area contributed by atoms with E-state index in [-0.39, 0.29) is 24.5 Å². The second kappa shape index (κ2) is 5.74. The number of hydrogen-bond donors (Lipinski definition) is 0. The van der Waals surface area contributed by atoms with Crippen LogP contribution in [0.3, 0.4) is 0 Å². The minimum atomic E-state index is -0.555. The maximum Gasteiger partial charge on any atom is 0.303 e. The first-order valence-corrected chi connectivity index (χ1v) is 4.88. The van der Waals surface area contributed by atoms with E-state index in [4.69, 9.17) is 0 Å². The standard InChI is InChI=1S/C11H11NO5/c1-8(13)17-7-10(14)6-9-4-2-3-5-11(9)12(15)16/h2-5H,6-7H2,1H3. The van der Waals surface area contributed by atoms with Crippen LogP contribution in [-0.2, 0) is 20.7 Å². The second-order valence-electron chi connectivity index (χ2n) is 3.38. The van der Waals surface area contributed by atoms with E-state index in [1.165, 1.54) is 25.1 Å². The van der Waals surface area contributed by atoms with E-state index >= 15 is 0 Å². The highest BCUT2D eigenvalue weighted by Crippen LogP contribution is 2.18. The lowest BCUT2D eigenvalue weighted by atomic mass is 10.1. The van der Waals surface area contributed by atoms with Crippen molar-refractivity contribution < 1.29 is 19.2 Å². The van der Waals surface area contributed by atoms with Gasteiger partial charge < -0.3 is 4.74 Å². The number of hydrogen-bond acceptors (Lipinski definition) is 5. The third-order valence-corrected chi connectivity index (χ3v) is 2.01. The fraction of sp³-hybridized carbons (Fsp3) is 0.273. The summed E-state index contributed by atoms with van der Waals surface area (Å²) in [4.78, 5) is 32.0. The van der Waals surface area contributed by atoms with Gasteiger partial charge in [0.1, 0.15) is 6.61 Å². The van der Waals surface area contributed by atoms with E-state index in [1.807, 2.05) is 0 Å². The summed E-state index contributed by atoms with van der Waals surface area (Å²) in [7, 11) is 0. The fourth-order valence-electron chi connectivity index (χ4n) is 1.28. The largest absolute Gasteiger partial charge is 0.458 e. The van der Waals surface area contributed by atoms with Crippen LogP contribution < -0.4 is 0 Å². The van der Waals surface area contributed by atoms with E-state index in [2.05, 4.69) is 4.74 Å². The summed E-state index contributed by atoms with van der Waals surface area (Å²) in [6.45, 7) is 0.833. The average Bonchev–Trinajstić information content (AvgIpc) is 2.27. The Balaban J connectivity index is 2.71. The first-order chi connectivity index (χ1) is 8.00. The molecule has 0 radical (unpaired) electrons. The highest BCUT2D eigenvalue weighted by molar-refractivity contribution is 5.84. The molecule has 90 valence electrons. The molecule has 6 nitrogen and oxygen atoms in total. The molecule has 6 heteroatoms. The summed E-state index contributed by atoms with van der Waals surface area (Å²) in [5.41, 5.74) is 0.207. The smallest absolute Gasteiger partial charge is 0.303 e. The molecule has 0 heterocycles. The van der Waals surface area contributed by atoms with Crippen molar-refractivity contribution in [2.75, 3.05) is 6.61 Å². The lowest BCUT2D eigenvalue weighted by Crippen LogP contribution is -2.14. The highest BCUT2D eigenvalue weighted by Gasteiger charge is 2.15. The van der Waals surface area contributed by atoms with Crippen molar-refractivity contribution in [2.24, 2.45) is 0 Å². The summed E-state index contributed by atoms with van der Waals surface area (Å²) >= 11 is 0. The molecule has 17 heavy (non-hydrogen) atoms. The molecule has 0 saturated heterocycles. The Labute approximate surface area is 97.3 Å². The fourth-order valence-corrected chi connectivity index (χ4v) is 1.28. The molecule has 0 bridgehead atoms. The third kappa shape index (κ3) is 4.02. The Morgan fingerprint density at radius 3 is 2.59 bits per heavy atom. The molecule has 1 aromatic carbocycles. The van der Waals surface area contributed by atoms with Crippen molar-refractivity contribution in [3.05, 3.63) is 39.9 Å². The molecule has 0 unspecified atom stereocenters. The van der Waals surface area contributed by atoms with Gasteiger partial charge in [0.25, 0.3) is 5.69 Å². The topological polar surface area (TPSA) is 86.5 Å². The summed E-state index contributed by atoms with van der Waals surface area (Å²) in [6, 6.07) is 5.97. The van der Waals surface area contributed by atoms with E-state index in [1.54, 1.807) is 6.07 Å². The molecular weight excluding hydrogens is 226 g/mol. The van der Waals surface area contributed by atoms with Crippen molar-refractivity contribution in [3.8, 4) is 0 Å². The predicted octanol–water partition coefficient (Wildman–Crippen LogP) is 1.27. The molecule has 1 rings (SSSR count). The quantitative estimate of drug-likeness (QED) is 0.437. The van der Waals surface area contributed by atoms with Gasteiger partial charge in [0, 0.05) is 25.0 Å². The van der Waals surface area contributed by atoms with Gasteiger partial charge in [-0.3, -0.25) is 19.7 Å². The van der Waals surface area contributed by atoms with Gasteiger partial charge in [0.05, 0.1) is 4.92 Å². The number of nitro benzene ring substituents is 1. The number of Topliss-reactive ketones (excluding diaryl/α,β-unsaturated/α-hetero) is 1. The van der Waals surface area contributed by atoms with Gasteiger partial charge in [-0.15, -0.1) is 0 Å². The molecule has 0 saturated carbocycles. The number of ether oxygens (including phenoxy) is 1. The van der Waals surface area contributed by atoms with Crippen molar-refractivity contribution in [2.45, 2.75) is 13.3 Å². The van der Waals surface area contributed by atoms with E-state index < -0.39 is 10.9 Å². The highest BCUT2D eigenvalue weighted by atomic mass is 16.6. The van der Waals surface area contributed by atoms with Gasteiger partial charge in [-0.1, -0.05) is 18.2 Å². The third-order valence-electron chi connectivity index (χ3n) is 2.01. The minimum absolute atomic E-state index is 0.108. The SMILES string of the molecule is CC(=O)OCC(=O)Cc1ccccc1[N+](=O)[O-]. The lowest BCUT2D eigenvalue weighted by molar-refractivity contribution is -0.385. The van der Waals surface area contributed by atoms with Crippen LogP contribution >= 0.6 is 0 Å². The van der Waals surface area contributed by atoms with Crippen LogP contribution in [-0.4, -0.2) is 23.3 Å². The molecule has 0 amide bonds. The predicted molar refractivity (Wildman–Crippen MR) is 58.4 cm³/mol. The van der Waals surface area contributed by atoms with Crippen LogP contribution in [0.25, 0.3) is 0 Å². The van der Waals surface area contributed by atoms with Gasteiger partial charge in [0.15, 0.2) is 5.78 Å². The van der Waals surface area contributed by atoms with Crippen LogP contribution in [0.5, 0.6) is 0 Å². The molecule has 0 aliphatic heterocycles. The first-order valence-electron chi connectivity index (χ1n) is 4.88. The summed E-state index contributed by atoms with van der Waals surface area (Å²) < 4.78 is 4.52. The molecule has 0 atom stereocenters. The molecule has 0 spiro atoms. The van der Waals surface area contributed by atoms with E-state index in [0.717, 1.165) is 0 Å². The number of para-hydroxylation sites is 1. The lowest BCUT2D eigenvalue weighted by Gasteiger charge is -2.02. The Morgan fingerprint density at radius 2 is 2.00 bits per heavy atom. The van der Waals surface area contributed by atoms with Crippen LogP contribution in [0.4, 0.5) is 5.69 Å². The van der Waals surface area contributed by atoms with Crippen molar-refractivity contribution in [1.29, 1.82) is 0 Å². The Hall–Kier alpha value is -2.24. The van der Waals surface area contributed by atoms with Crippen LogP contribution in [0.2, 0.25) is 0 Å². The molecule has 0 aromatic heterocycles. The maximum absolute atomic E-state index is 11.4. The van der Waals surface area contributed by atoms with Crippen molar-refractivity contribution in [1.82, 2.24) is 0 Å². The van der Waals surface area contributed by atoms with Crippen LogP contribution in [0, 0.1) is 10.1 Å². The van der Waals surface area contributed by atoms with Crippen molar-refractivity contribution >= 4 is 17.4 Å². The van der Waals surface area contributed by atoms with Crippen LogP contribution in [0.1, 0.15) is 12.5 Å². The zero-order valence-corrected chi connectivity index (χ0v) is 9.21. The molecule has 0 aliphatic rings. The number of carbonyl (C=O) groups excluding carboxylic acids is 2. The zero-order chi connectivity index (χ0) is 12.8. The Morgan fingerprint density at radius 1 is 1.35 bits per heavy atom. The Kier molecular flexibility index (Phi) is 4.33. The van der Waals surface area contributed by atoms with Gasteiger partial charge >= 0.3 is 5.97 Å². The van der Waals surface area contributed by atoms with Gasteiger partial charge in [-0.05, 0) is 0 Å². The van der Waals surface area contributed by atoms with E-state index in [9.17, 15) is 19.7 Å². The van der Waals surface area contributed by atoms with Gasteiger partial charge in [-0.25, -0.2) is 0 Å².